The Hall–Kier alpha value is -2.08. The number of nitrogens with zero attached hydrogens (tertiary/aromatic N) is 2. The van der Waals surface area contributed by atoms with Crippen LogP contribution in [0.15, 0.2) is 24.3 Å². The Balaban J connectivity index is 1.87. The number of ether oxygens (including phenoxy) is 1. The summed E-state index contributed by atoms with van der Waals surface area (Å²) >= 11 is 0. The van der Waals surface area contributed by atoms with E-state index in [0.717, 1.165) is 0 Å². The molecule has 0 radical (unpaired) electrons. The van der Waals surface area contributed by atoms with Crippen LogP contribution in [0.3, 0.4) is 0 Å². The van der Waals surface area contributed by atoms with Gasteiger partial charge in [-0.15, -0.1) is 0 Å². The molecule has 2 amide bonds. The maximum Gasteiger partial charge on any atom is 0.263 e. The number of hydrogen-bond donors (Lipinski definition) is 1. The van der Waals surface area contributed by atoms with E-state index in [2.05, 4.69) is 20.8 Å². The lowest BCUT2D eigenvalue weighted by Gasteiger charge is -2.35. The van der Waals surface area contributed by atoms with Crippen LogP contribution in [-0.2, 0) is 15.0 Å². The van der Waals surface area contributed by atoms with E-state index in [4.69, 9.17) is 10.5 Å². The summed E-state index contributed by atoms with van der Waals surface area (Å²) in [5, 5.41) is 0. The fraction of sp³-hybridized carbons (Fsp3) is 0.579. The number of carbonyl (C=O) groups is 2. The van der Waals surface area contributed by atoms with Gasteiger partial charge in [-0.25, -0.2) is 0 Å². The Morgan fingerprint density at radius 2 is 1.68 bits per heavy atom. The van der Waals surface area contributed by atoms with Gasteiger partial charge in [0, 0.05) is 26.2 Å². The topological polar surface area (TPSA) is 75.9 Å². The van der Waals surface area contributed by atoms with Crippen LogP contribution in [-0.4, -0.2) is 60.4 Å². The quantitative estimate of drug-likeness (QED) is 0.873. The van der Waals surface area contributed by atoms with Crippen molar-refractivity contribution in [2.24, 2.45) is 5.73 Å². The van der Waals surface area contributed by atoms with Gasteiger partial charge in [-0.3, -0.25) is 14.5 Å². The summed E-state index contributed by atoms with van der Waals surface area (Å²) in [6.45, 7) is 11.0. The van der Waals surface area contributed by atoms with E-state index >= 15 is 0 Å². The zero-order chi connectivity index (χ0) is 18.6. The predicted molar refractivity (Wildman–Crippen MR) is 97.4 cm³/mol. The van der Waals surface area contributed by atoms with Crippen molar-refractivity contribution in [3.05, 3.63) is 29.8 Å². The second kappa shape index (κ2) is 7.87. The first-order valence-corrected chi connectivity index (χ1v) is 8.73. The smallest absolute Gasteiger partial charge is 0.263 e. The zero-order valence-electron chi connectivity index (χ0n) is 15.6. The fourth-order valence-corrected chi connectivity index (χ4v) is 2.89. The molecule has 1 atom stereocenters. The van der Waals surface area contributed by atoms with Gasteiger partial charge in [0.15, 0.2) is 6.10 Å². The molecule has 1 heterocycles. The Labute approximate surface area is 149 Å². The second-order valence-corrected chi connectivity index (χ2v) is 7.60. The van der Waals surface area contributed by atoms with E-state index in [1.165, 1.54) is 5.56 Å². The number of hydrogen-bond acceptors (Lipinski definition) is 4. The molecule has 1 aromatic rings. The number of nitrogens with two attached hydrogens (primary N) is 1. The van der Waals surface area contributed by atoms with Gasteiger partial charge in [-0.1, -0.05) is 32.9 Å². The first-order chi connectivity index (χ1) is 11.7. The molecule has 6 heteroatoms. The van der Waals surface area contributed by atoms with Crippen LogP contribution in [0.25, 0.3) is 0 Å². The van der Waals surface area contributed by atoms with Crippen molar-refractivity contribution >= 4 is 11.8 Å². The van der Waals surface area contributed by atoms with Crippen LogP contribution >= 0.6 is 0 Å². The number of amides is 2. The van der Waals surface area contributed by atoms with Gasteiger partial charge in [0.2, 0.25) is 5.91 Å². The van der Waals surface area contributed by atoms with Crippen molar-refractivity contribution in [1.29, 1.82) is 0 Å². The van der Waals surface area contributed by atoms with Crippen LogP contribution in [0.1, 0.15) is 33.3 Å². The molecule has 1 unspecified atom stereocenters. The zero-order valence-corrected chi connectivity index (χ0v) is 15.6. The van der Waals surface area contributed by atoms with Crippen LogP contribution in [0.4, 0.5) is 0 Å². The number of piperazine rings is 1. The lowest BCUT2D eigenvalue weighted by molar-refractivity contribution is -0.139. The Bertz CT molecular complexity index is 599. The highest BCUT2D eigenvalue weighted by Crippen LogP contribution is 2.24. The van der Waals surface area contributed by atoms with Crippen LogP contribution in [0.5, 0.6) is 5.75 Å². The Kier molecular flexibility index (Phi) is 6.06. The minimum absolute atomic E-state index is 0.0291. The van der Waals surface area contributed by atoms with E-state index in [-0.39, 0.29) is 23.8 Å². The van der Waals surface area contributed by atoms with Crippen molar-refractivity contribution in [3.63, 3.8) is 0 Å². The molecule has 0 saturated carbocycles. The molecular formula is C19H29N3O3. The highest BCUT2D eigenvalue weighted by atomic mass is 16.5. The van der Waals surface area contributed by atoms with Gasteiger partial charge in [-0.2, -0.15) is 0 Å². The van der Waals surface area contributed by atoms with Gasteiger partial charge < -0.3 is 15.4 Å². The molecule has 1 aliphatic rings. The molecule has 1 aromatic carbocycles. The van der Waals surface area contributed by atoms with E-state index < -0.39 is 6.10 Å². The van der Waals surface area contributed by atoms with Gasteiger partial charge in [0.25, 0.3) is 5.91 Å². The fourth-order valence-electron chi connectivity index (χ4n) is 2.89. The average molecular weight is 347 g/mol. The largest absolute Gasteiger partial charge is 0.481 e. The summed E-state index contributed by atoms with van der Waals surface area (Å²) in [5.74, 6) is 0.329. The molecule has 1 saturated heterocycles. The number of primary amides is 1. The molecule has 2 N–H and O–H groups in total. The molecular weight excluding hydrogens is 318 g/mol. The minimum atomic E-state index is -0.539. The van der Waals surface area contributed by atoms with Gasteiger partial charge >= 0.3 is 0 Å². The molecule has 0 aliphatic carbocycles. The van der Waals surface area contributed by atoms with Crippen molar-refractivity contribution in [2.45, 2.75) is 39.2 Å². The molecule has 138 valence electrons. The number of benzene rings is 1. The van der Waals surface area contributed by atoms with E-state index in [1.54, 1.807) is 11.8 Å². The molecule has 1 aliphatic heterocycles. The van der Waals surface area contributed by atoms with Crippen LogP contribution < -0.4 is 10.5 Å². The van der Waals surface area contributed by atoms with Gasteiger partial charge in [0.05, 0.1) is 6.54 Å². The van der Waals surface area contributed by atoms with Crippen molar-refractivity contribution in [3.8, 4) is 5.75 Å². The Morgan fingerprint density at radius 1 is 1.12 bits per heavy atom. The lowest BCUT2D eigenvalue weighted by atomic mass is 9.87. The number of rotatable bonds is 5. The third kappa shape index (κ3) is 5.46. The summed E-state index contributed by atoms with van der Waals surface area (Å²) in [6, 6.07) is 7.90. The highest BCUT2D eigenvalue weighted by Gasteiger charge is 2.26. The molecule has 0 aromatic heterocycles. The first kappa shape index (κ1) is 19.2. The highest BCUT2D eigenvalue weighted by molar-refractivity contribution is 5.81. The van der Waals surface area contributed by atoms with Gasteiger partial charge in [0.1, 0.15) is 5.75 Å². The van der Waals surface area contributed by atoms with E-state index in [1.807, 2.05) is 29.2 Å². The monoisotopic (exact) mass is 347 g/mol. The molecule has 6 nitrogen and oxygen atoms in total. The van der Waals surface area contributed by atoms with Crippen LogP contribution in [0.2, 0.25) is 0 Å². The summed E-state index contributed by atoms with van der Waals surface area (Å²) in [6.07, 6.45) is -0.539. The lowest BCUT2D eigenvalue weighted by Crippen LogP contribution is -2.53. The van der Waals surface area contributed by atoms with Crippen molar-refractivity contribution in [1.82, 2.24) is 9.80 Å². The van der Waals surface area contributed by atoms with E-state index in [0.29, 0.717) is 31.9 Å². The van der Waals surface area contributed by atoms with Crippen LogP contribution in [0, 0.1) is 0 Å². The third-order valence-electron chi connectivity index (χ3n) is 4.44. The first-order valence-electron chi connectivity index (χ1n) is 8.73. The molecule has 2 rings (SSSR count). The standard InChI is InChI=1S/C19H29N3O3/c1-14(25-16-7-5-15(6-8-16)19(2,3)4)18(24)22-11-9-21(10-12-22)13-17(20)23/h5-8,14H,9-13H2,1-4H3,(H2,20,23). The van der Waals surface area contributed by atoms with E-state index in [9.17, 15) is 9.59 Å². The molecule has 1 fully saturated rings. The second-order valence-electron chi connectivity index (χ2n) is 7.60. The minimum Gasteiger partial charge on any atom is -0.481 e. The maximum absolute atomic E-state index is 12.5. The van der Waals surface area contributed by atoms with Gasteiger partial charge in [-0.05, 0) is 30.0 Å². The summed E-state index contributed by atoms with van der Waals surface area (Å²) in [4.78, 5) is 27.3. The maximum atomic E-state index is 12.5. The predicted octanol–water partition coefficient (Wildman–Crippen LogP) is 1.38. The van der Waals surface area contributed by atoms with Crippen molar-refractivity contribution < 1.29 is 14.3 Å². The number of carbonyl (C=O) groups excluding carboxylic acids is 2. The molecule has 25 heavy (non-hydrogen) atoms. The van der Waals surface area contributed by atoms with Crippen molar-refractivity contribution in [2.75, 3.05) is 32.7 Å². The average Bonchev–Trinajstić information content (AvgIpc) is 2.54. The summed E-state index contributed by atoms with van der Waals surface area (Å²) < 4.78 is 5.81. The summed E-state index contributed by atoms with van der Waals surface area (Å²) in [7, 11) is 0. The molecule has 0 spiro atoms. The molecule has 0 bridgehead atoms. The normalized spacial score (nSPS) is 17.2. The Morgan fingerprint density at radius 3 is 2.16 bits per heavy atom. The third-order valence-corrected chi connectivity index (χ3v) is 4.44. The summed E-state index contributed by atoms with van der Waals surface area (Å²) in [5.41, 5.74) is 6.52. The SMILES string of the molecule is CC(Oc1ccc(C(C)(C)C)cc1)C(=O)N1CCN(CC(N)=O)CC1.